The molecular weight excluding hydrogens is 268 g/mol. The molecule has 21 heavy (non-hydrogen) atoms. The van der Waals surface area contributed by atoms with Gasteiger partial charge in [0.1, 0.15) is 11.6 Å². The molecule has 1 fully saturated rings. The van der Waals surface area contributed by atoms with Crippen LogP contribution in [-0.2, 0) is 4.79 Å². The number of anilines is 1. The molecular formula is C16H18N2O3. The van der Waals surface area contributed by atoms with Crippen molar-refractivity contribution in [1.82, 2.24) is 4.98 Å². The lowest BCUT2D eigenvalue weighted by Gasteiger charge is -2.36. The molecule has 0 aliphatic carbocycles. The zero-order chi connectivity index (χ0) is 14.8. The minimum atomic E-state index is -0.782. The van der Waals surface area contributed by atoms with Gasteiger partial charge < -0.3 is 15.1 Å². The predicted molar refractivity (Wildman–Crippen MR) is 80.6 cm³/mol. The molecule has 5 nitrogen and oxygen atoms in total. The van der Waals surface area contributed by atoms with Crippen LogP contribution in [0, 0.1) is 0 Å². The van der Waals surface area contributed by atoms with Crippen molar-refractivity contribution in [1.29, 1.82) is 0 Å². The van der Waals surface area contributed by atoms with Gasteiger partial charge in [-0.2, -0.15) is 0 Å². The van der Waals surface area contributed by atoms with Gasteiger partial charge in [-0.3, -0.25) is 4.79 Å². The van der Waals surface area contributed by atoms with Crippen LogP contribution in [0.5, 0.6) is 5.75 Å². The minimum absolute atomic E-state index is 0.0308. The van der Waals surface area contributed by atoms with Gasteiger partial charge in [0, 0.05) is 24.2 Å². The summed E-state index contributed by atoms with van der Waals surface area (Å²) in [7, 11) is 0. The third-order valence-electron chi connectivity index (χ3n) is 4.04. The summed E-state index contributed by atoms with van der Waals surface area (Å²) in [4.78, 5) is 17.6. The van der Waals surface area contributed by atoms with E-state index in [0.717, 1.165) is 42.4 Å². The zero-order valence-corrected chi connectivity index (χ0v) is 11.7. The highest BCUT2D eigenvalue weighted by molar-refractivity contribution is 5.93. The summed E-state index contributed by atoms with van der Waals surface area (Å²) < 4.78 is 0. The Bertz CT molecular complexity index is 672. The molecule has 1 unspecified atom stereocenters. The second kappa shape index (κ2) is 5.60. The molecule has 110 valence electrons. The van der Waals surface area contributed by atoms with E-state index < -0.39 is 5.97 Å². The number of benzene rings is 1. The fraction of sp³-hybridized carbons (Fsp3) is 0.375. The second-order valence-electron chi connectivity index (χ2n) is 5.48. The van der Waals surface area contributed by atoms with E-state index in [9.17, 15) is 9.90 Å². The van der Waals surface area contributed by atoms with Crippen molar-refractivity contribution in [2.24, 2.45) is 0 Å². The van der Waals surface area contributed by atoms with Gasteiger partial charge in [0.05, 0.1) is 6.42 Å². The first-order valence-corrected chi connectivity index (χ1v) is 7.21. The smallest absolute Gasteiger partial charge is 0.305 e. The molecule has 1 saturated heterocycles. The maximum atomic E-state index is 11.1. The van der Waals surface area contributed by atoms with Crippen molar-refractivity contribution in [3.05, 3.63) is 30.5 Å². The number of rotatable bonds is 3. The molecule has 0 bridgehead atoms. The Balaban J connectivity index is 2.04. The summed E-state index contributed by atoms with van der Waals surface area (Å²) in [5.74, 6) is 0.188. The monoisotopic (exact) mass is 286 g/mol. The van der Waals surface area contributed by atoms with Crippen molar-refractivity contribution in [3.63, 3.8) is 0 Å². The van der Waals surface area contributed by atoms with E-state index in [-0.39, 0.29) is 18.2 Å². The van der Waals surface area contributed by atoms with E-state index in [4.69, 9.17) is 5.11 Å². The maximum Gasteiger partial charge on any atom is 0.305 e. The molecule has 3 rings (SSSR count). The van der Waals surface area contributed by atoms with E-state index in [1.165, 1.54) is 0 Å². The molecule has 2 N–H and O–H groups in total. The summed E-state index contributed by atoms with van der Waals surface area (Å²) >= 11 is 0. The third kappa shape index (κ3) is 2.77. The van der Waals surface area contributed by atoms with E-state index in [0.29, 0.717) is 0 Å². The van der Waals surface area contributed by atoms with Crippen LogP contribution in [0.1, 0.15) is 25.7 Å². The number of piperidine rings is 1. The SMILES string of the molecule is O=C(O)CC1CCCCN1c1nccc2ccc(O)cc12. The van der Waals surface area contributed by atoms with Gasteiger partial charge >= 0.3 is 5.97 Å². The van der Waals surface area contributed by atoms with Gasteiger partial charge in [0.2, 0.25) is 0 Å². The lowest BCUT2D eigenvalue weighted by atomic mass is 9.98. The average molecular weight is 286 g/mol. The number of phenolic OH excluding ortho intramolecular Hbond substituents is 1. The van der Waals surface area contributed by atoms with Crippen LogP contribution in [0.2, 0.25) is 0 Å². The molecule has 0 spiro atoms. The summed E-state index contributed by atoms with van der Waals surface area (Å²) in [6.07, 6.45) is 4.80. The Hall–Kier alpha value is -2.30. The summed E-state index contributed by atoms with van der Waals surface area (Å²) in [6.45, 7) is 0.805. The molecule has 0 saturated carbocycles. The van der Waals surface area contributed by atoms with Crippen LogP contribution >= 0.6 is 0 Å². The third-order valence-corrected chi connectivity index (χ3v) is 4.04. The lowest BCUT2D eigenvalue weighted by Crippen LogP contribution is -2.41. The van der Waals surface area contributed by atoms with Crippen LogP contribution in [0.25, 0.3) is 10.8 Å². The van der Waals surface area contributed by atoms with Gasteiger partial charge in [-0.15, -0.1) is 0 Å². The van der Waals surface area contributed by atoms with E-state index in [2.05, 4.69) is 9.88 Å². The predicted octanol–water partition coefficient (Wildman–Crippen LogP) is 2.77. The number of fused-ring (bicyclic) bond motifs is 1. The number of aliphatic carboxylic acids is 1. The average Bonchev–Trinajstić information content (AvgIpc) is 2.47. The number of carboxylic acid groups (broad SMARTS) is 1. The second-order valence-corrected chi connectivity index (χ2v) is 5.48. The van der Waals surface area contributed by atoms with Crippen LogP contribution in [0.4, 0.5) is 5.82 Å². The molecule has 1 aromatic heterocycles. The normalized spacial score (nSPS) is 18.9. The fourth-order valence-electron chi connectivity index (χ4n) is 3.06. The highest BCUT2D eigenvalue weighted by Crippen LogP contribution is 2.32. The van der Waals surface area contributed by atoms with E-state index in [1.807, 2.05) is 12.1 Å². The van der Waals surface area contributed by atoms with Crippen LogP contribution in [-0.4, -0.2) is 33.8 Å². The highest BCUT2D eigenvalue weighted by atomic mass is 16.4. The number of phenols is 1. The zero-order valence-electron chi connectivity index (χ0n) is 11.7. The number of hydrogen-bond donors (Lipinski definition) is 2. The largest absolute Gasteiger partial charge is 0.508 e. The molecule has 1 aliphatic heterocycles. The van der Waals surface area contributed by atoms with Gasteiger partial charge in [0.15, 0.2) is 0 Å². The number of nitrogens with zero attached hydrogens (tertiary/aromatic N) is 2. The van der Waals surface area contributed by atoms with Gasteiger partial charge in [-0.05, 0) is 42.8 Å². The quantitative estimate of drug-likeness (QED) is 0.907. The Morgan fingerprint density at radius 3 is 3.00 bits per heavy atom. The maximum absolute atomic E-state index is 11.1. The number of aromatic hydroxyl groups is 1. The molecule has 5 heteroatoms. The standard InChI is InChI=1S/C16H18N2O3/c19-13-5-4-11-6-7-17-16(14(11)10-13)18-8-2-1-3-12(18)9-15(20)21/h4-7,10,12,19H,1-3,8-9H2,(H,20,21). The van der Waals surface area contributed by atoms with Crippen molar-refractivity contribution >= 4 is 22.6 Å². The molecule has 1 aromatic carbocycles. The van der Waals surface area contributed by atoms with E-state index >= 15 is 0 Å². The summed E-state index contributed by atoms with van der Waals surface area (Å²) in [6, 6.07) is 7.07. The van der Waals surface area contributed by atoms with Crippen molar-refractivity contribution in [2.45, 2.75) is 31.7 Å². The molecule has 2 aromatic rings. The van der Waals surface area contributed by atoms with Crippen LogP contribution in [0.3, 0.4) is 0 Å². The van der Waals surface area contributed by atoms with Crippen LogP contribution < -0.4 is 4.90 Å². The molecule has 1 aliphatic rings. The number of pyridine rings is 1. The first-order chi connectivity index (χ1) is 10.1. The van der Waals surface area contributed by atoms with Crippen LogP contribution in [0.15, 0.2) is 30.5 Å². The number of carbonyl (C=O) groups is 1. The summed E-state index contributed by atoms with van der Waals surface area (Å²) in [5, 5.41) is 20.7. The fourth-order valence-corrected chi connectivity index (χ4v) is 3.06. The number of aromatic nitrogens is 1. The molecule has 1 atom stereocenters. The Morgan fingerprint density at radius 1 is 1.33 bits per heavy atom. The number of hydrogen-bond acceptors (Lipinski definition) is 4. The Kier molecular flexibility index (Phi) is 3.64. The minimum Gasteiger partial charge on any atom is -0.508 e. The lowest BCUT2D eigenvalue weighted by molar-refractivity contribution is -0.137. The van der Waals surface area contributed by atoms with E-state index in [1.54, 1.807) is 18.3 Å². The Morgan fingerprint density at radius 2 is 2.19 bits per heavy atom. The first kappa shape index (κ1) is 13.7. The Labute approximate surface area is 122 Å². The van der Waals surface area contributed by atoms with Gasteiger partial charge in [-0.1, -0.05) is 6.07 Å². The molecule has 2 heterocycles. The number of carboxylic acids is 1. The van der Waals surface area contributed by atoms with Crippen molar-refractivity contribution in [3.8, 4) is 5.75 Å². The van der Waals surface area contributed by atoms with Crippen molar-refractivity contribution in [2.75, 3.05) is 11.4 Å². The molecule has 0 radical (unpaired) electrons. The van der Waals surface area contributed by atoms with Gasteiger partial charge in [-0.25, -0.2) is 4.98 Å². The van der Waals surface area contributed by atoms with Gasteiger partial charge in [0.25, 0.3) is 0 Å². The highest BCUT2D eigenvalue weighted by Gasteiger charge is 2.26. The first-order valence-electron chi connectivity index (χ1n) is 7.21. The topological polar surface area (TPSA) is 73.7 Å². The molecule has 0 amide bonds. The van der Waals surface area contributed by atoms with Crippen molar-refractivity contribution < 1.29 is 15.0 Å². The summed E-state index contributed by atoms with van der Waals surface area (Å²) in [5.41, 5.74) is 0.